The molecule has 0 radical (unpaired) electrons. The molecule has 2 aliphatic rings. The van der Waals surface area contributed by atoms with E-state index in [9.17, 15) is 9.59 Å². The number of benzene rings is 2. The van der Waals surface area contributed by atoms with Crippen LogP contribution in [0.1, 0.15) is 24.8 Å². The van der Waals surface area contributed by atoms with Gasteiger partial charge in [-0.05, 0) is 37.0 Å². The second kappa shape index (κ2) is 6.94. The summed E-state index contributed by atoms with van der Waals surface area (Å²) in [5, 5.41) is 0. The first kappa shape index (κ1) is 16.8. The summed E-state index contributed by atoms with van der Waals surface area (Å²) >= 11 is 0. The average molecular weight is 348 g/mol. The third-order valence-corrected chi connectivity index (χ3v) is 5.85. The number of hydrogen-bond acceptors (Lipinski definition) is 2. The zero-order valence-corrected chi connectivity index (χ0v) is 14.9. The summed E-state index contributed by atoms with van der Waals surface area (Å²) in [6.45, 7) is 2.14. The topological polar surface area (TPSA) is 40.6 Å². The highest BCUT2D eigenvalue weighted by molar-refractivity contribution is 6.00. The summed E-state index contributed by atoms with van der Waals surface area (Å²) in [5.41, 5.74) is 1.75. The molecule has 0 bridgehead atoms. The van der Waals surface area contributed by atoms with Crippen LogP contribution in [0.2, 0.25) is 0 Å². The lowest BCUT2D eigenvalue weighted by Gasteiger charge is -2.38. The Hall–Kier alpha value is -2.62. The van der Waals surface area contributed by atoms with Crippen LogP contribution in [0.25, 0.3) is 0 Å². The Balaban J connectivity index is 1.39. The molecule has 26 heavy (non-hydrogen) atoms. The second-order valence-electron chi connectivity index (χ2n) is 7.37. The molecule has 2 aromatic carbocycles. The van der Waals surface area contributed by atoms with Gasteiger partial charge in [0.05, 0.1) is 11.8 Å². The number of amides is 2. The normalized spacial score (nSPS) is 19.2. The smallest absolute Gasteiger partial charge is 0.233 e. The molecule has 2 saturated heterocycles. The molecule has 0 unspecified atom stereocenters. The van der Waals surface area contributed by atoms with E-state index in [1.54, 1.807) is 0 Å². The largest absolute Gasteiger partial charge is 0.342 e. The maximum absolute atomic E-state index is 13.1. The first-order chi connectivity index (χ1) is 12.7. The van der Waals surface area contributed by atoms with Gasteiger partial charge in [-0.25, -0.2) is 0 Å². The van der Waals surface area contributed by atoms with E-state index in [1.165, 1.54) is 0 Å². The predicted molar refractivity (Wildman–Crippen MR) is 102 cm³/mol. The molecule has 1 spiro atoms. The van der Waals surface area contributed by atoms with E-state index in [0.29, 0.717) is 19.5 Å². The number of anilines is 1. The van der Waals surface area contributed by atoms with Gasteiger partial charge in [0.25, 0.3) is 0 Å². The summed E-state index contributed by atoms with van der Waals surface area (Å²) in [7, 11) is 0. The highest BCUT2D eigenvalue weighted by atomic mass is 16.2. The number of piperidine rings is 1. The highest BCUT2D eigenvalue weighted by Gasteiger charge is 2.48. The van der Waals surface area contributed by atoms with Gasteiger partial charge in [-0.1, -0.05) is 48.5 Å². The van der Waals surface area contributed by atoms with Gasteiger partial charge < -0.3 is 9.80 Å². The molecule has 134 valence electrons. The van der Waals surface area contributed by atoms with Crippen molar-refractivity contribution in [1.29, 1.82) is 0 Å². The van der Waals surface area contributed by atoms with Gasteiger partial charge in [-0.15, -0.1) is 0 Å². The molecule has 0 saturated carbocycles. The van der Waals surface area contributed by atoms with Crippen LogP contribution >= 0.6 is 0 Å². The molecule has 4 nitrogen and oxygen atoms in total. The Morgan fingerprint density at radius 3 is 2.08 bits per heavy atom. The average Bonchev–Trinajstić information content (AvgIpc) is 3.00. The lowest BCUT2D eigenvalue weighted by atomic mass is 9.77. The zero-order valence-electron chi connectivity index (χ0n) is 14.9. The molecule has 2 aliphatic heterocycles. The van der Waals surface area contributed by atoms with Gasteiger partial charge in [0, 0.05) is 25.3 Å². The van der Waals surface area contributed by atoms with E-state index >= 15 is 0 Å². The number of para-hydroxylation sites is 1. The first-order valence-electron chi connectivity index (χ1n) is 9.37. The van der Waals surface area contributed by atoms with E-state index in [1.807, 2.05) is 70.5 Å². The Labute approximate surface area is 154 Å². The van der Waals surface area contributed by atoms with E-state index in [4.69, 9.17) is 0 Å². The minimum absolute atomic E-state index is 0.163. The Bertz CT molecular complexity index is 780. The summed E-state index contributed by atoms with van der Waals surface area (Å²) in [6, 6.07) is 19.8. The van der Waals surface area contributed by atoms with Crippen molar-refractivity contribution in [2.75, 3.05) is 24.5 Å². The molecule has 2 amide bonds. The highest BCUT2D eigenvalue weighted by Crippen LogP contribution is 2.43. The molecule has 0 aliphatic carbocycles. The fourth-order valence-electron chi connectivity index (χ4n) is 4.21. The SMILES string of the molecule is O=C(Cc1ccccc1)N1CCC2(CC1)CCN(c1ccccc1)C2=O. The Kier molecular flexibility index (Phi) is 4.49. The molecular formula is C22H24N2O2. The number of nitrogens with zero attached hydrogens (tertiary/aromatic N) is 2. The third kappa shape index (κ3) is 3.12. The second-order valence-corrected chi connectivity index (χ2v) is 7.37. The summed E-state index contributed by atoms with van der Waals surface area (Å²) in [6.07, 6.45) is 2.88. The van der Waals surface area contributed by atoms with Crippen molar-refractivity contribution < 1.29 is 9.59 Å². The van der Waals surface area contributed by atoms with Crippen LogP contribution in [0.5, 0.6) is 0 Å². The van der Waals surface area contributed by atoms with E-state index in [0.717, 1.165) is 37.1 Å². The molecular weight excluding hydrogens is 324 g/mol. The fraction of sp³-hybridized carbons (Fsp3) is 0.364. The first-order valence-corrected chi connectivity index (χ1v) is 9.37. The molecule has 0 atom stereocenters. The summed E-state index contributed by atoms with van der Waals surface area (Å²) in [4.78, 5) is 29.5. The van der Waals surface area contributed by atoms with E-state index in [2.05, 4.69) is 0 Å². The maximum Gasteiger partial charge on any atom is 0.233 e. The summed E-state index contributed by atoms with van der Waals surface area (Å²) < 4.78 is 0. The number of hydrogen-bond donors (Lipinski definition) is 0. The van der Waals surface area contributed by atoms with Crippen LogP contribution in [-0.4, -0.2) is 36.3 Å². The quantitative estimate of drug-likeness (QED) is 0.854. The summed E-state index contributed by atoms with van der Waals surface area (Å²) in [5.74, 6) is 0.398. The van der Waals surface area contributed by atoms with Crippen LogP contribution in [-0.2, 0) is 16.0 Å². The van der Waals surface area contributed by atoms with Gasteiger partial charge in [0.2, 0.25) is 11.8 Å². The van der Waals surface area contributed by atoms with Crippen molar-refractivity contribution >= 4 is 17.5 Å². The number of rotatable bonds is 3. The van der Waals surface area contributed by atoms with Crippen molar-refractivity contribution in [2.24, 2.45) is 5.41 Å². The van der Waals surface area contributed by atoms with Crippen LogP contribution < -0.4 is 4.90 Å². The van der Waals surface area contributed by atoms with E-state index < -0.39 is 0 Å². The van der Waals surface area contributed by atoms with Gasteiger partial charge in [0.1, 0.15) is 0 Å². The fourth-order valence-corrected chi connectivity index (χ4v) is 4.21. The van der Waals surface area contributed by atoms with Crippen molar-refractivity contribution in [3.8, 4) is 0 Å². The third-order valence-electron chi connectivity index (χ3n) is 5.85. The minimum Gasteiger partial charge on any atom is -0.342 e. The maximum atomic E-state index is 13.1. The lowest BCUT2D eigenvalue weighted by molar-refractivity contribution is -0.137. The van der Waals surface area contributed by atoms with Crippen LogP contribution in [0, 0.1) is 5.41 Å². The zero-order chi connectivity index (χ0) is 18.0. The van der Waals surface area contributed by atoms with Crippen molar-refractivity contribution in [3.05, 3.63) is 66.2 Å². The molecule has 2 heterocycles. The van der Waals surface area contributed by atoms with Crippen molar-refractivity contribution in [3.63, 3.8) is 0 Å². The predicted octanol–water partition coefficient (Wildman–Crippen LogP) is 3.27. The van der Waals surface area contributed by atoms with Crippen molar-refractivity contribution in [1.82, 2.24) is 4.90 Å². The molecule has 4 rings (SSSR count). The van der Waals surface area contributed by atoms with E-state index in [-0.39, 0.29) is 17.2 Å². The van der Waals surface area contributed by atoms with Gasteiger partial charge >= 0.3 is 0 Å². The van der Waals surface area contributed by atoms with Crippen LogP contribution in [0.15, 0.2) is 60.7 Å². The molecule has 2 aromatic rings. The Morgan fingerprint density at radius 1 is 0.846 bits per heavy atom. The van der Waals surface area contributed by atoms with Crippen LogP contribution in [0.4, 0.5) is 5.69 Å². The van der Waals surface area contributed by atoms with Crippen LogP contribution in [0.3, 0.4) is 0 Å². The minimum atomic E-state index is -0.278. The van der Waals surface area contributed by atoms with Gasteiger partial charge in [-0.2, -0.15) is 0 Å². The van der Waals surface area contributed by atoms with Gasteiger partial charge in [0.15, 0.2) is 0 Å². The van der Waals surface area contributed by atoms with Gasteiger partial charge in [-0.3, -0.25) is 9.59 Å². The standard InChI is InChI=1S/C22H24N2O2/c25-20(17-18-7-3-1-4-8-18)23-14-11-22(12-15-23)13-16-24(21(22)26)19-9-5-2-6-10-19/h1-10H,11-17H2. The monoisotopic (exact) mass is 348 g/mol. The Morgan fingerprint density at radius 2 is 1.42 bits per heavy atom. The number of carbonyl (C=O) groups is 2. The lowest BCUT2D eigenvalue weighted by Crippen LogP contribution is -2.47. The van der Waals surface area contributed by atoms with Crippen molar-refractivity contribution in [2.45, 2.75) is 25.7 Å². The molecule has 4 heteroatoms. The number of carbonyl (C=O) groups excluding carboxylic acids is 2. The molecule has 0 N–H and O–H groups in total. The number of likely N-dealkylation sites (tertiary alicyclic amines) is 1. The molecule has 0 aromatic heterocycles. The molecule has 2 fully saturated rings.